The lowest BCUT2D eigenvalue weighted by Gasteiger charge is -2.14. The van der Waals surface area contributed by atoms with Gasteiger partial charge >= 0.3 is 0 Å². The summed E-state index contributed by atoms with van der Waals surface area (Å²) in [5, 5.41) is 5.38. The molecule has 0 fully saturated rings. The highest BCUT2D eigenvalue weighted by Crippen LogP contribution is 2.68. The van der Waals surface area contributed by atoms with Crippen molar-refractivity contribution in [3.63, 3.8) is 0 Å². The van der Waals surface area contributed by atoms with Crippen LogP contribution in [0.1, 0.15) is 11.1 Å². The Morgan fingerprint density at radius 2 is 1.08 bits per heavy atom. The maximum Gasteiger partial charge on any atom is 0.0950 e. The second-order valence-electron chi connectivity index (χ2n) is 7.30. The van der Waals surface area contributed by atoms with Crippen molar-refractivity contribution >= 4 is 40.3 Å². The fourth-order valence-corrected chi connectivity index (χ4v) is 7.30. The zero-order valence-corrected chi connectivity index (χ0v) is 16.0. The molecule has 0 N–H and O–H groups in total. The van der Waals surface area contributed by atoms with Gasteiger partial charge in [-0.15, -0.1) is 0 Å². The molecule has 0 atom stereocenters. The molecule has 1 aliphatic rings. The summed E-state index contributed by atoms with van der Waals surface area (Å²) in [5.41, 5.74) is 5.78. The zero-order valence-electron chi connectivity index (χ0n) is 14.2. The van der Waals surface area contributed by atoms with Crippen LogP contribution < -0.4 is 0 Å². The highest BCUT2D eigenvalue weighted by atomic mass is 32.7. The van der Waals surface area contributed by atoms with Crippen molar-refractivity contribution in [1.29, 1.82) is 0 Å². The lowest BCUT2D eigenvalue weighted by molar-refractivity contribution is 1.38. The van der Waals surface area contributed by atoms with E-state index in [1.165, 1.54) is 43.8 Å². The van der Waals surface area contributed by atoms with Crippen LogP contribution in [0.4, 0.5) is 0 Å². The van der Waals surface area contributed by atoms with Crippen molar-refractivity contribution < 1.29 is 0 Å². The van der Waals surface area contributed by atoms with Gasteiger partial charge in [0, 0.05) is 12.2 Å². The molecule has 4 aromatic carbocycles. The summed E-state index contributed by atoms with van der Waals surface area (Å²) in [4.78, 5) is 0. The number of thiol groups is 1. The fourth-order valence-electron chi connectivity index (χ4n) is 4.28. The molecular weight excluding hydrogens is 339 g/mol. The number of rotatable bonds is 0. The normalized spacial score (nSPS) is 15.6. The Kier molecular flexibility index (Phi) is 3.45. The van der Waals surface area contributed by atoms with E-state index in [9.17, 15) is 0 Å². The topological polar surface area (TPSA) is 0 Å². The maximum absolute atomic E-state index is 5.14. The second-order valence-corrected chi connectivity index (χ2v) is 13.5. The predicted molar refractivity (Wildman–Crippen MR) is 116 cm³/mol. The van der Waals surface area contributed by atoms with Gasteiger partial charge in [-0.3, -0.25) is 0 Å². The number of benzene rings is 4. The molecule has 0 saturated carbocycles. The van der Waals surface area contributed by atoms with E-state index >= 15 is 0 Å². The standard InChI is InChI=1S/C23H20PS/c1-24(25)14-18-12-10-16-6-2-4-8-20(16)22(18)23-19(15-24)13-11-17-7-3-5-9-21(17)23/h2-13,25H,14-15H2,1H3/q+1. The molecule has 0 aliphatic carbocycles. The van der Waals surface area contributed by atoms with Gasteiger partial charge in [0.15, 0.2) is 0 Å². The first kappa shape index (κ1) is 15.4. The quantitative estimate of drug-likeness (QED) is 0.250. The lowest BCUT2D eigenvalue weighted by Crippen LogP contribution is -1.92. The Morgan fingerprint density at radius 1 is 0.640 bits per heavy atom. The van der Waals surface area contributed by atoms with Gasteiger partial charge in [-0.2, -0.15) is 0 Å². The van der Waals surface area contributed by atoms with Crippen molar-refractivity contribution in [3.8, 4) is 11.1 Å². The van der Waals surface area contributed by atoms with Crippen LogP contribution in [0.2, 0.25) is 0 Å². The Labute approximate surface area is 154 Å². The summed E-state index contributed by atoms with van der Waals surface area (Å²) in [5.74, 6) is 0. The summed E-state index contributed by atoms with van der Waals surface area (Å²) in [7, 11) is 0. The molecule has 122 valence electrons. The van der Waals surface area contributed by atoms with Crippen LogP contribution in [-0.4, -0.2) is 6.66 Å². The van der Waals surface area contributed by atoms with Crippen LogP contribution >= 0.6 is 18.7 Å². The van der Waals surface area contributed by atoms with E-state index in [1.54, 1.807) is 0 Å². The third kappa shape index (κ3) is 2.49. The van der Waals surface area contributed by atoms with Gasteiger partial charge in [0.25, 0.3) is 0 Å². The first-order chi connectivity index (χ1) is 12.1. The molecule has 0 amide bonds. The van der Waals surface area contributed by atoms with Crippen molar-refractivity contribution in [2.45, 2.75) is 12.3 Å². The summed E-state index contributed by atoms with van der Waals surface area (Å²) in [6.07, 6.45) is 2.19. The molecule has 4 aromatic rings. The van der Waals surface area contributed by atoms with E-state index < -0.39 is 6.46 Å². The Morgan fingerprint density at radius 3 is 1.56 bits per heavy atom. The molecule has 0 radical (unpaired) electrons. The summed E-state index contributed by atoms with van der Waals surface area (Å²) in [6, 6.07) is 26.8. The third-order valence-electron chi connectivity index (χ3n) is 5.30. The highest BCUT2D eigenvalue weighted by Gasteiger charge is 2.35. The van der Waals surface area contributed by atoms with Crippen LogP contribution in [0.5, 0.6) is 0 Å². The first-order valence-corrected chi connectivity index (χ1v) is 12.5. The zero-order chi connectivity index (χ0) is 17.0. The Hall–Kier alpha value is -1.82. The van der Waals surface area contributed by atoms with E-state index in [2.05, 4.69) is 79.5 Å². The lowest BCUT2D eigenvalue weighted by atomic mass is 9.88. The van der Waals surface area contributed by atoms with Gasteiger partial charge in [-0.1, -0.05) is 72.8 Å². The molecule has 1 heterocycles. The van der Waals surface area contributed by atoms with Crippen LogP contribution in [0.15, 0.2) is 72.8 Å². The monoisotopic (exact) mass is 359 g/mol. The minimum atomic E-state index is -1.31. The average Bonchev–Trinajstić information content (AvgIpc) is 2.73. The average molecular weight is 359 g/mol. The summed E-state index contributed by atoms with van der Waals surface area (Å²) >= 11 is 5.14. The van der Waals surface area contributed by atoms with Crippen LogP contribution in [0.3, 0.4) is 0 Å². The predicted octanol–water partition coefficient (Wildman–Crippen LogP) is 7.17. The van der Waals surface area contributed by atoms with Gasteiger partial charge in [-0.25, -0.2) is 0 Å². The van der Waals surface area contributed by atoms with Crippen LogP contribution in [0, 0.1) is 0 Å². The van der Waals surface area contributed by atoms with Crippen LogP contribution in [0.25, 0.3) is 32.7 Å². The summed E-state index contributed by atoms with van der Waals surface area (Å²) < 4.78 is 0. The molecule has 0 unspecified atom stereocenters. The van der Waals surface area contributed by atoms with Crippen LogP contribution in [-0.2, 0) is 12.3 Å². The van der Waals surface area contributed by atoms with E-state index in [0.717, 1.165) is 12.3 Å². The highest BCUT2D eigenvalue weighted by molar-refractivity contribution is 8.52. The van der Waals surface area contributed by atoms with Gasteiger partial charge in [-0.05, 0) is 43.8 Å². The number of fused-ring (bicyclic) bond motifs is 7. The molecule has 1 aliphatic heterocycles. The molecule has 0 bridgehead atoms. The fraction of sp³-hybridized carbons (Fsp3) is 0.130. The molecule has 0 saturated heterocycles. The SMILES string of the molecule is C[P+]1(S)Cc2ccc3ccccc3c2-c2c(ccc3ccccc23)C1. The number of hydrogen-bond donors (Lipinski definition) is 1. The molecule has 25 heavy (non-hydrogen) atoms. The summed E-state index contributed by atoms with van der Waals surface area (Å²) in [6.45, 7) is 1.07. The van der Waals surface area contributed by atoms with Gasteiger partial charge in [0.1, 0.15) is 0 Å². The van der Waals surface area contributed by atoms with Gasteiger partial charge in [0.2, 0.25) is 0 Å². The van der Waals surface area contributed by atoms with Crippen molar-refractivity contribution in [3.05, 3.63) is 83.9 Å². The van der Waals surface area contributed by atoms with Crippen molar-refractivity contribution in [2.75, 3.05) is 6.66 Å². The second kappa shape index (κ2) is 5.59. The Bertz CT molecular complexity index is 1040. The maximum atomic E-state index is 5.14. The van der Waals surface area contributed by atoms with E-state index in [1.807, 2.05) is 0 Å². The molecule has 0 spiro atoms. The molecular formula is C23H20PS+. The van der Waals surface area contributed by atoms with Gasteiger partial charge < -0.3 is 0 Å². The molecule has 2 heteroatoms. The first-order valence-electron chi connectivity index (χ1n) is 8.71. The smallest absolute Gasteiger partial charge is 0.0616 e. The molecule has 5 rings (SSSR count). The van der Waals surface area contributed by atoms with Crippen molar-refractivity contribution in [2.24, 2.45) is 0 Å². The van der Waals surface area contributed by atoms with E-state index in [4.69, 9.17) is 12.2 Å². The van der Waals surface area contributed by atoms with Gasteiger partial charge in [0.05, 0.1) is 25.5 Å². The number of hydrogen-bond acceptors (Lipinski definition) is 1. The minimum absolute atomic E-state index is 1.10. The minimum Gasteiger partial charge on any atom is -0.0616 e. The van der Waals surface area contributed by atoms with E-state index in [-0.39, 0.29) is 0 Å². The van der Waals surface area contributed by atoms with E-state index in [0.29, 0.717) is 0 Å². The largest absolute Gasteiger partial charge is 0.0950 e. The van der Waals surface area contributed by atoms with Crippen molar-refractivity contribution in [1.82, 2.24) is 0 Å². The Balaban J connectivity index is 2.00. The molecule has 0 nitrogen and oxygen atoms in total. The third-order valence-corrected chi connectivity index (χ3v) is 8.19. The molecule has 0 aromatic heterocycles.